The fourth-order valence-corrected chi connectivity index (χ4v) is 4.06. The van der Waals surface area contributed by atoms with Crippen LogP contribution in [0.15, 0.2) is 24.3 Å². The molecule has 8 heteroatoms. The first kappa shape index (κ1) is 21.8. The minimum atomic E-state index is -0.686. The molecule has 1 atom stereocenters. The zero-order chi connectivity index (χ0) is 21.5. The fourth-order valence-electron chi connectivity index (χ4n) is 4.06. The van der Waals surface area contributed by atoms with Crippen LogP contribution in [0.4, 0.5) is 10.5 Å². The van der Waals surface area contributed by atoms with Crippen molar-refractivity contribution in [1.82, 2.24) is 10.6 Å². The van der Waals surface area contributed by atoms with E-state index in [0.717, 1.165) is 43.4 Å². The van der Waals surface area contributed by atoms with Crippen LogP contribution < -0.4 is 15.5 Å². The Kier molecular flexibility index (Phi) is 7.43. The number of anilines is 1. The lowest BCUT2D eigenvalue weighted by Gasteiger charge is -2.22. The monoisotopic (exact) mass is 415 g/mol. The molecule has 0 radical (unpaired) electrons. The lowest BCUT2D eigenvalue weighted by molar-refractivity contribution is -0.152. The Labute approximate surface area is 176 Å². The molecule has 0 unspecified atom stereocenters. The minimum Gasteiger partial charge on any atom is -0.455 e. The predicted molar refractivity (Wildman–Crippen MR) is 111 cm³/mol. The lowest BCUT2D eigenvalue weighted by Crippen LogP contribution is -2.46. The first-order chi connectivity index (χ1) is 14.5. The number of rotatable bonds is 6. The summed E-state index contributed by atoms with van der Waals surface area (Å²) in [5.74, 6) is -2.07. The molecule has 1 saturated carbocycles. The summed E-state index contributed by atoms with van der Waals surface area (Å²) in [6, 6.07) is 7.10. The van der Waals surface area contributed by atoms with E-state index in [4.69, 9.17) is 4.74 Å². The number of nitrogens with zero attached hydrogens (tertiary/aromatic N) is 1. The van der Waals surface area contributed by atoms with Crippen LogP contribution in [-0.4, -0.2) is 43.0 Å². The molecule has 2 N–H and O–H groups in total. The molecule has 2 fully saturated rings. The number of hydrogen-bond acceptors (Lipinski definition) is 5. The van der Waals surface area contributed by atoms with Gasteiger partial charge in [-0.2, -0.15) is 0 Å². The van der Waals surface area contributed by atoms with Crippen molar-refractivity contribution in [3.05, 3.63) is 29.8 Å². The first-order valence-corrected chi connectivity index (χ1v) is 10.6. The van der Waals surface area contributed by atoms with Gasteiger partial charge < -0.3 is 15.0 Å². The van der Waals surface area contributed by atoms with Crippen LogP contribution in [-0.2, 0) is 25.5 Å². The maximum Gasteiger partial charge on any atom is 0.321 e. The normalized spacial score (nSPS) is 19.4. The van der Waals surface area contributed by atoms with E-state index in [0.29, 0.717) is 0 Å². The summed E-state index contributed by atoms with van der Waals surface area (Å²) in [4.78, 5) is 50.2. The summed E-state index contributed by atoms with van der Waals surface area (Å²) < 4.78 is 5.06. The number of aryl methyl sites for hydroxylation is 1. The van der Waals surface area contributed by atoms with Gasteiger partial charge in [0.25, 0.3) is 5.91 Å². The molecule has 4 amide bonds. The van der Waals surface area contributed by atoms with E-state index in [1.807, 2.05) is 31.2 Å². The van der Waals surface area contributed by atoms with E-state index < -0.39 is 30.4 Å². The van der Waals surface area contributed by atoms with Crippen LogP contribution in [0.25, 0.3) is 0 Å². The molecular weight excluding hydrogens is 386 g/mol. The SMILES string of the molecule is CCc1ccccc1N1C[C@H](C(=O)OCC(=O)NC(=O)NC2CCCCC2)CC1=O. The summed E-state index contributed by atoms with van der Waals surface area (Å²) in [5, 5.41) is 4.96. The van der Waals surface area contributed by atoms with Crippen molar-refractivity contribution in [3.8, 4) is 0 Å². The maximum absolute atomic E-state index is 12.4. The average Bonchev–Trinajstić information content (AvgIpc) is 3.14. The third-order valence-electron chi connectivity index (χ3n) is 5.66. The Morgan fingerprint density at radius 1 is 1.13 bits per heavy atom. The highest BCUT2D eigenvalue weighted by atomic mass is 16.5. The van der Waals surface area contributed by atoms with Crippen molar-refractivity contribution in [1.29, 1.82) is 0 Å². The standard InChI is InChI=1S/C22H29N3O5/c1-2-15-8-6-7-11-18(15)25-13-16(12-20(25)27)21(28)30-14-19(26)24-22(29)23-17-9-4-3-5-10-17/h6-8,11,16-17H,2-5,9-10,12-14H2,1H3,(H2,23,24,26,29)/t16-/m1/s1. The van der Waals surface area contributed by atoms with Gasteiger partial charge in [-0.25, -0.2) is 4.79 Å². The molecule has 0 aromatic heterocycles. The Bertz CT molecular complexity index is 804. The average molecular weight is 415 g/mol. The van der Waals surface area contributed by atoms with E-state index in [1.165, 1.54) is 6.42 Å². The zero-order valence-corrected chi connectivity index (χ0v) is 17.3. The topological polar surface area (TPSA) is 105 Å². The number of carbonyl (C=O) groups excluding carboxylic acids is 4. The molecule has 30 heavy (non-hydrogen) atoms. The van der Waals surface area contributed by atoms with Crippen molar-refractivity contribution in [2.75, 3.05) is 18.1 Å². The smallest absolute Gasteiger partial charge is 0.321 e. The van der Waals surface area contributed by atoms with E-state index in [1.54, 1.807) is 4.90 Å². The fraction of sp³-hybridized carbons (Fsp3) is 0.545. The molecule has 1 saturated heterocycles. The molecule has 1 aromatic carbocycles. The molecule has 1 heterocycles. The van der Waals surface area contributed by atoms with E-state index in [9.17, 15) is 19.2 Å². The van der Waals surface area contributed by atoms with Gasteiger partial charge in [-0.05, 0) is 30.9 Å². The van der Waals surface area contributed by atoms with Crippen molar-refractivity contribution < 1.29 is 23.9 Å². The van der Waals surface area contributed by atoms with Crippen molar-refractivity contribution in [3.63, 3.8) is 0 Å². The van der Waals surface area contributed by atoms with Crippen LogP contribution in [0, 0.1) is 5.92 Å². The van der Waals surface area contributed by atoms with Gasteiger partial charge in [0, 0.05) is 24.7 Å². The molecule has 1 aliphatic carbocycles. The van der Waals surface area contributed by atoms with Crippen LogP contribution in [0.1, 0.15) is 51.0 Å². The second-order valence-corrected chi connectivity index (χ2v) is 7.85. The highest BCUT2D eigenvalue weighted by molar-refractivity contribution is 6.00. The van der Waals surface area contributed by atoms with Gasteiger partial charge in [0.05, 0.1) is 5.92 Å². The highest BCUT2D eigenvalue weighted by Gasteiger charge is 2.37. The van der Waals surface area contributed by atoms with Gasteiger partial charge in [0.2, 0.25) is 5.91 Å². The summed E-state index contributed by atoms with van der Waals surface area (Å²) >= 11 is 0. The van der Waals surface area contributed by atoms with Crippen molar-refractivity contribution >= 4 is 29.5 Å². The summed E-state index contributed by atoms with van der Waals surface area (Å²) in [7, 11) is 0. The number of amides is 4. The second kappa shape index (κ2) is 10.2. The highest BCUT2D eigenvalue weighted by Crippen LogP contribution is 2.29. The molecule has 162 valence electrons. The number of para-hydroxylation sites is 1. The number of nitrogens with one attached hydrogen (secondary N) is 2. The Morgan fingerprint density at radius 3 is 2.60 bits per heavy atom. The Balaban J connectivity index is 1.45. The van der Waals surface area contributed by atoms with Gasteiger partial charge in [-0.15, -0.1) is 0 Å². The number of esters is 1. The summed E-state index contributed by atoms with van der Waals surface area (Å²) in [6.45, 7) is 1.68. The van der Waals surface area contributed by atoms with Crippen LogP contribution in [0.2, 0.25) is 0 Å². The molecule has 1 aromatic rings. The third-order valence-corrected chi connectivity index (χ3v) is 5.66. The summed E-state index contributed by atoms with van der Waals surface area (Å²) in [6.07, 6.45) is 5.93. The largest absolute Gasteiger partial charge is 0.455 e. The lowest BCUT2D eigenvalue weighted by atomic mass is 9.96. The Hall–Kier alpha value is -2.90. The minimum absolute atomic E-state index is 0.0423. The van der Waals surface area contributed by atoms with E-state index >= 15 is 0 Å². The number of urea groups is 1. The van der Waals surface area contributed by atoms with Gasteiger partial charge >= 0.3 is 12.0 Å². The third kappa shape index (κ3) is 5.58. The van der Waals surface area contributed by atoms with E-state index in [2.05, 4.69) is 10.6 Å². The number of carbonyl (C=O) groups is 4. The summed E-state index contributed by atoms with van der Waals surface area (Å²) in [5.41, 5.74) is 1.83. The van der Waals surface area contributed by atoms with Gasteiger partial charge in [0.1, 0.15) is 0 Å². The quantitative estimate of drug-likeness (QED) is 0.694. The maximum atomic E-state index is 12.4. The molecule has 8 nitrogen and oxygen atoms in total. The zero-order valence-electron chi connectivity index (χ0n) is 17.3. The number of hydrogen-bond donors (Lipinski definition) is 2. The molecule has 1 aliphatic heterocycles. The van der Waals surface area contributed by atoms with Crippen molar-refractivity contribution in [2.45, 2.75) is 57.9 Å². The van der Waals surface area contributed by atoms with Crippen LogP contribution >= 0.6 is 0 Å². The van der Waals surface area contributed by atoms with Gasteiger partial charge in [-0.3, -0.25) is 19.7 Å². The Morgan fingerprint density at radius 2 is 1.87 bits per heavy atom. The first-order valence-electron chi connectivity index (χ1n) is 10.6. The van der Waals surface area contributed by atoms with Crippen LogP contribution in [0.3, 0.4) is 0 Å². The molecule has 0 spiro atoms. The molecule has 3 rings (SSSR count). The van der Waals surface area contributed by atoms with E-state index in [-0.39, 0.29) is 24.9 Å². The predicted octanol–water partition coefficient (Wildman–Crippen LogP) is 2.30. The van der Waals surface area contributed by atoms with Crippen molar-refractivity contribution in [2.24, 2.45) is 5.92 Å². The molecular formula is C22H29N3O5. The molecule has 2 aliphatic rings. The number of benzene rings is 1. The van der Waals surface area contributed by atoms with Gasteiger partial charge in [0.15, 0.2) is 6.61 Å². The van der Waals surface area contributed by atoms with Gasteiger partial charge in [-0.1, -0.05) is 44.4 Å². The number of ether oxygens (including phenoxy) is 1. The number of imide groups is 1. The van der Waals surface area contributed by atoms with Crippen LogP contribution in [0.5, 0.6) is 0 Å². The second-order valence-electron chi connectivity index (χ2n) is 7.85. The molecule has 0 bridgehead atoms.